The van der Waals surface area contributed by atoms with Gasteiger partial charge in [0.05, 0.1) is 5.69 Å². The molecule has 1 aliphatic heterocycles. The van der Waals surface area contributed by atoms with E-state index in [2.05, 4.69) is 26.8 Å². The third-order valence-corrected chi connectivity index (χ3v) is 5.27. The van der Waals surface area contributed by atoms with Crippen molar-refractivity contribution < 1.29 is 13.6 Å². The van der Waals surface area contributed by atoms with E-state index in [1.807, 2.05) is 12.1 Å². The minimum atomic E-state index is -2.72. The summed E-state index contributed by atoms with van der Waals surface area (Å²) < 4.78 is 26.8. The number of alkyl halides is 2. The number of nitrogens with zero attached hydrogens (tertiary/aromatic N) is 4. The van der Waals surface area contributed by atoms with Crippen molar-refractivity contribution >= 4 is 11.9 Å². The van der Waals surface area contributed by atoms with E-state index < -0.39 is 17.9 Å². The zero-order chi connectivity index (χ0) is 22.9. The van der Waals surface area contributed by atoms with Gasteiger partial charge in [0, 0.05) is 42.3 Å². The van der Waals surface area contributed by atoms with Gasteiger partial charge in [0.15, 0.2) is 5.96 Å². The Morgan fingerprint density at radius 3 is 2.62 bits per heavy atom. The molecule has 1 aromatic carbocycles. The molecule has 1 aliphatic rings. The second kappa shape index (κ2) is 8.19. The van der Waals surface area contributed by atoms with Crippen LogP contribution in [0.1, 0.15) is 35.7 Å². The highest BCUT2D eigenvalue weighted by molar-refractivity contribution is 6.08. The summed E-state index contributed by atoms with van der Waals surface area (Å²) in [6.07, 6.45) is 1.87. The van der Waals surface area contributed by atoms with Gasteiger partial charge in [-0.15, -0.1) is 5.92 Å². The molecule has 8 heteroatoms. The van der Waals surface area contributed by atoms with E-state index >= 15 is 0 Å². The maximum atomic E-state index is 13.4. The second-order valence-corrected chi connectivity index (χ2v) is 7.24. The van der Waals surface area contributed by atoms with E-state index in [1.54, 1.807) is 37.5 Å². The van der Waals surface area contributed by atoms with Crippen molar-refractivity contribution in [2.45, 2.75) is 18.9 Å². The molecule has 2 aromatic heterocycles. The molecule has 0 aliphatic carbocycles. The number of rotatable bonds is 4. The first-order valence-corrected chi connectivity index (χ1v) is 9.73. The molecule has 1 unspecified atom stereocenters. The van der Waals surface area contributed by atoms with Gasteiger partial charge in [-0.25, -0.2) is 13.8 Å². The van der Waals surface area contributed by atoms with E-state index in [0.29, 0.717) is 5.56 Å². The molecule has 4 rings (SSSR count). The topological polar surface area (TPSA) is 84.5 Å². The number of nitrogens with two attached hydrogens (primary N) is 1. The van der Waals surface area contributed by atoms with Crippen LogP contribution in [0.3, 0.4) is 0 Å². The maximum absolute atomic E-state index is 13.4. The molecular formula is C24H19F2N5O. The molecule has 0 bridgehead atoms. The van der Waals surface area contributed by atoms with Gasteiger partial charge in [-0.2, -0.15) is 0 Å². The Morgan fingerprint density at radius 1 is 1.12 bits per heavy atom. The van der Waals surface area contributed by atoms with Crippen LogP contribution in [-0.2, 0) is 10.3 Å². The lowest BCUT2D eigenvalue weighted by Gasteiger charge is -2.26. The number of likely N-dealkylation sites (N-methyl/N-ethyl adjacent to an activating group) is 1. The Balaban J connectivity index is 1.92. The van der Waals surface area contributed by atoms with Crippen LogP contribution in [-0.4, -0.2) is 33.8 Å². The number of carbonyl (C=O) groups excluding carboxylic acids is 1. The predicted molar refractivity (Wildman–Crippen MR) is 117 cm³/mol. The lowest BCUT2D eigenvalue weighted by atomic mass is 9.84. The van der Waals surface area contributed by atoms with Crippen LogP contribution in [0.15, 0.2) is 66.0 Å². The van der Waals surface area contributed by atoms with Crippen molar-refractivity contribution in [1.29, 1.82) is 0 Å². The smallest absolute Gasteiger partial charge is 0.267 e. The van der Waals surface area contributed by atoms with Crippen LogP contribution in [0, 0.1) is 11.8 Å². The number of carbonyl (C=O) groups is 1. The van der Waals surface area contributed by atoms with Gasteiger partial charge >= 0.3 is 0 Å². The van der Waals surface area contributed by atoms with Crippen molar-refractivity contribution in [3.8, 4) is 23.0 Å². The number of pyridine rings is 2. The van der Waals surface area contributed by atoms with Gasteiger partial charge in [-0.05, 0) is 42.3 Å². The van der Waals surface area contributed by atoms with E-state index in [-0.39, 0.29) is 17.2 Å². The van der Waals surface area contributed by atoms with Crippen LogP contribution >= 0.6 is 0 Å². The number of aliphatic imine (C=N–C) groups is 1. The number of benzene rings is 1. The number of hydrogen-bond donors (Lipinski definition) is 1. The lowest BCUT2D eigenvalue weighted by molar-refractivity contribution is -0.129. The molecule has 6 nitrogen and oxygen atoms in total. The summed E-state index contributed by atoms with van der Waals surface area (Å²) >= 11 is 0. The molecule has 0 saturated heterocycles. The molecule has 0 fully saturated rings. The quantitative estimate of drug-likeness (QED) is 0.641. The predicted octanol–water partition coefficient (Wildman–Crippen LogP) is 3.48. The van der Waals surface area contributed by atoms with Crippen molar-refractivity contribution in [3.05, 3.63) is 83.4 Å². The van der Waals surface area contributed by atoms with Crippen LogP contribution in [0.5, 0.6) is 0 Å². The lowest BCUT2D eigenvalue weighted by Crippen LogP contribution is -2.41. The SMILES string of the molecule is CC#Cc1cncc(-c2cccc(C3(c4cc(C(F)F)ccn4)N=C(N)N(C)C3=O)c2)c1. The zero-order valence-electron chi connectivity index (χ0n) is 17.4. The van der Waals surface area contributed by atoms with Gasteiger partial charge in [0.2, 0.25) is 5.54 Å². The largest absolute Gasteiger partial charge is 0.369 e. The summed E-state index contributed by atoms with van der Waals surface area (Å²) in [6.45, 7) is 1.74. The monoisotopic (exact) mass is 431 g/mol. The second-order valence-electron chi connectivity index (χ2n) is 7.24. The van der Waals surface area contributed by atoms with E-state index in [0.717, 1.165) is 16.7 Å². The standard InChI is InChI=1S/C24H19F2N5O/c1-3-5-15-10-18(14-28-13-15)16-6-4-7-19(11-16)24(22(32)31(2)23(27)30-24)20-12-17(21(25)26)8-9-29-20/h4,6-14,21H,1-2H3,(H2,27,30). The van der Waals surface area contributed by atoms with E-state index in [4.69, 9.17) is 5.73 Å². The van der Waals surface area contributed by atoms with Crippen molar-refractivity contribution in [2.75, 3.05) is 7.05 Å². The van der Waals surface area contributed by atoms with E-state index in [9.17, 15) is 13.6 Å². The summed E-state index contributed by atoms with van der Waals surface area (Å²) in [5.41, 5.74) is 6.87. The molecule has 1 amide bonds. The van der Waals surface area contributed by atoms with Gasteiger partial charge in [0.1, 0.15) is 0 Å². The zero-order valence-corrected chi connectivity index (χ0v) is 17.4. The first kappa shape index (κ1) is 21.1. The fourth-order valence-electron chi connectivity index (χ4n) is 3.66. The normalized spacial score (nSPS) is 17.8. The number of aromatic nitrogens is 2. The Hall–Kier alpha value is -4.12. The summed E-state index contributed by atoms with van der Waals surface area (Å²) in [7, 11) is 1.49. The third kappa shape index (κ3) is 3.48. The average molecular weight is 431 g/mol. The molecule has 0 spiro atoms. The highest BCUT2D eigenvalue weighted by Gasteiger charge is 2.51. The number of amides is 1. The summed E-state index contributed by atoms with van der Waals surface area (Å²) in [4.78, 5) is 27.5. The van der Waals surface area contributed by atoms with Crippen molar-refractivity contribution in [2.24, 2.45) is 10.7 Å². The molecule has 0 radical (unpaired) electrons. The molecular weight excluding hydrogens is 412 g/mol. The first-order valence-electron chi connectivity index (χ1n) is 9.73. The molecule has 3 heterocycles. The van der Waals surface area contributed by atoms with Crippen LogP contribution in [0.2, 0.25) is 0 Å². The van der Waals surface area contributed by atoms with Crippen molar-refractivity contribution in [3.63, 3.8) is 0 Å². The Bertz CT molecular complexity index is 1290. The highest BCUT2D eigenvalue weighted by Crippen LogP contribution is 2.40. The highest BCUT2D eigenvalue weighted by atomic mass is 19.3. The Kier molecular flexibility index (Phi) is 5.41. The summed E-state index contributed by atoms with van der Waals surface area (Å²) in [5, 5.41) is 0. The maximum Gasteiger partial charge on any atom is 0.267 e. The number of hydrogen-bond acceptors (Lipinski definition) is 5. The van der Waals surface area contributed by atoms with Crippen LogP contribution in [0.25, 0.3) is 11.1 Å². The van der Waals surface area contributed by atoms with Gasteiger partial charge in [-0.1, -0.05) is 24.1 Å². The van der Waals surface area contributed by atoms with Gasteiger partial charge in [-0.3, -0.25) is 19.7 Å². The molecule has 0 saturated carbocycles. The van der Waals surface area contributed by atoms with Gasteiger partial charge < -0.3 is 5.73 Å². The fourth-order valence-corrected chi connectivity index (χ4v) is 3.66. The fraction of sp³-hybridized carbons (Fsp3) is 0.167. The van der Waals surface area contributed by atoms with Gasteiger partial charge in [0.25, 0.3) is 12.3 Å². The molecule has 32 heavy (non-hydrogen) atoms. The minimum absolute atomic E-state index is 0.0217. The number of guanidine groups is 1. The number of halogens is 2. The molecule has 3 aromatic rings. The van der Waals surface area contributed by atoms with Crippen molar-refractivity contribution in [1.82, 2.24) is 14.9 Å². The average Bonchev–Trinajstić information content (AvgIpc) is 3.04. The first-order chi connectivity index (χ1) is 15.4. The third-order valence-electron chi connectivity index (χ3n) is 5.27. The van der Waals surface area contributed by atoms with Crippen LogP contribution in [0.4, 0.5) is 8.78 Å². The molecule has 2 N–H and O–H groups in total. The molecule has 1 atom stereocenters. The molecule has 160 valence electrons. The van der Waals surface area contributed by atoms with E-state index in [1.165, 1.54) is 30.3 Å². The Labute approximate surface area is 183 Å². The summed E-state index contributed by atoms with van der Waals surface area (Å²) in [5.74, 6) is 5.30. The summed E-state index contributed by atoms with van der Waals surface area (Å²) in [6, 6.07) is 11.4. The Morgan fingerprint density at radius 2 is 1.94 bits per heavy atom. The van der Waals surface area contributed by atoms with Crippen LogP contribution < -0.4 is 5.73 Å². The minimum Gasteiger partial charge on any atom is -0.369 e.